The lowest BCUT2D eigenvalue weighted by Crippen LogP contribution is -2.34. The first kappa shape index (κ1) is 18.1. The van der Waals surface area contributed by atoms with Gasteiger partial charge in [-0.2, -0.15) is 0 Å². The van der Waals surface area contributed by atoms with Crippen LogP contribution in [0.2, 0.25) is 0 Å². The second-order valence-corrected chi connectivity index (χ2v) is 6.58. The molecular formula is C19H24N4O3. The predicted octanol–water partition coefficient (Wildman–Crippen LogP) is 2.29. The van der Waals surface area contributed by atoms with Crippen LogP contribution in [0, 0.1) is 20.8 Å². The van der Waals surface area contributed by atoms with Gasteiger partial charge in [-0.3, -0.25) is 9.59 Å². The van der Waals surface area contributed by atoms with E-state index in [1.165, 1.54) is 0 Å². The number of carbonyl (C=O) groups is 2. The largest absolute Gasteiger partial charge is 0.361 e. The molecule has 2 aromatic rings. The van der Waals surface area contributed by atoms with Crippen LogP contribution in [0.5, 0.6) is 0 Å². The lowest BCUT2D eigenvalue weighted by molar-refractivity contribution is 0.0766. The molecule has 2 heterocycles. The van der Waals surface area contributed by atoms with Crippen molar-refractivity contribution in [3.8, 4) is 0 Å². The van der Waals surface area contributed by atoms with Gasteiger partial charge in [0.25, 0.3) is 11.8 Å². The third kappa shape index (κ3) is 3.77. The van der Waals surface area contributed by atoms with Crippen LogP contribution < -0.4 is 10.6 Å². The number of aromatic nitrogens is 1. The van der Waals surface area contributed by atoms with E-state index in [1.807, 2.05) is 24.0 Å². The van der Waals surface area contributed by atoms with E-state index in [4.69, 9.17) is 4.52 Å². The molecule has 138 valence electrons. The Morgan fingerprint density at radius 3 is 2.73 bits per heavy atom. The van der Waals surface area contributed by atoms with Gasteiger partial charge in [-0.15, -0.1) is 0 Å². The maximum absolute atomic E-state index is 12.8. The molecule has 1 aromatic carbocycles. The zero-order chi connectivity index (χ0) is 18.7. The average molecular weight is 356 g/mol. The minimum absolute atomic E-state index is 0.0125. The molecule has 1 saturated heterocycles. The van der Waals surface area contributed by atoms with E-state index in [9.17, 15) is 9.59 Å². The summed E-state index contributed by atoms with van der Waals surface area (Å²) in [5.41, 5.74) is 3.06. The first-order chi connectivity index (χ1) is 12.5. The van der Waals surface area contributed by atoms with Gasteiger partial charge in [0, 0.05) is 30.9 Å². The summed E-state index contributed by atoms with van der Waals surface area (Å²) in [4.78, 5) is 27.2. The second-order valence-electron chi connectivity index (χ2n) is 6.58. The number of aryl methyl sites for hydroxylation is 3. The van der Waals surface area contributed by atoms with E-state index in [1.54, 1.807) is 19.9 Å². The molecule has 2 amide bonds. The molecule has 7 heteroatoms. The molecule has 0 radical (unpaired) electrons. The Morgan fingerprint density at radius 1 is 1.19 bits per heavy atom. The molecular weight excluding hydrogens is 332 g/mol. The molecule has 0 aliphatic carbocycles. The summed E-state index contributed by atoms with van der Waals surface area (Å²) in [6.45, 7) is 8.48. The zero-order valence-corrected chi connectivity index (χ0v) is 15.4. The van der Waals surface area contributed by atoms with Gasteiger partial charge in [0.2, 0.25) is 0 Å². The van der Waals surface area contributed by atoms with Crippen molar-refractivity contribution < 1.29 is 14.1 Å². The summed E-state index contributed by atoms with van der Waals surface area (Å²) in [5, 5.41) is 9.99. The summed E-state index contributed by atoms with van der Waals surface area (Å²) >= 11 is 0. The summed E-state index contributed by atoms with van der Waals surface area (Å²) in [6, 6.07) is 5.40. The van der Waals surface area contributed by atoms with Crippen molar-refractivity contribution in [1.29, 1.82) is 0 Å². The van der Waals surface area contributed by atoms with Crippen LogP contribution in [-0.2, 0) is 0 Å². The Kier molecular flexibility index (Phi) is 5.37. The van der Waals surface area contributed by atoms with E-state index in [-0.39, 0.29) is 11.8 Å². The molecule has 0 spiro atoms. The smallest absolute Gasteiger partial charge is 0.261 e. The number of amides is 2. The van der Waals surface area contributed by atoms with Crippen LogP contribution in [0.3, 0.4) is 0 Å². The minimum atomic E-state index is -0.284. The van der Waals surface area contributed by atoms with Gasteiger partial charge in [0.1, 0.15) is 11.3 Å². The number of nitrogens with one attached hydrogen (secondary N) is 2. The highest BCUT2D eigenvalue weighted by atomic mass is 16.5. The van der Waals surface area contributed by atoms with Crippen LogP contribution in [0.4, 0.5) is 5.69 Å². The summed E-state index contributed by atoms with van der Waals surface area (Å²) < 4.78 is 5.06. The van der Waals surface area contributed by atoms with Gasteiger partial charge in [0.05, 0.1) is 5.69 Å². The fourth-order valence-electron chi connectivity index (χ4n) is 3.11. The van der Waals surface area contributed by atoms with E-state index in [2.05, 4.69) is 15.8 Å². The molecule has 1 aliphatic heterocycles. The first-order valence-electron chi connectivity index (χ1n) is 8.82. The van der Waals surface area contributed by atoms with Crippen LogP contribution in [0.25, 0.3) is 0 Å². The van der Waals surface area contributed by atoms with Gasteiger partial charge in [-0.05, 0) is 51.4 Å². The third-order valence-corrected chi connectivity index (χ3v) is 4.62. The molecule has 1 aliphatic rings. The van der Waals surface area contributed by atoms with Crippen LogP contribution in [-0.4, -0.2) is 48.0 Å². The quantitative estimate of drug-likeness (QED) is 0.881. The number of anilines is 1. The Balaban J connectivity index is 1.81. The lowest BCUT2D eigenvalue weighted by atomic mass is 10.1. The Morgan fingerprint density at radius 2 is 2.00 bits per heavy atom. The van der Waals surface area contributed by atoms with E-state index in [0.29, 0.717) is 34.8 Å². The third-order valence-electron chi connectivity index (χ3n) is 4.62. The summed E-state index contributed by atoms with van der Waals surface area (Å²) in [5.74, 6) is 0.177. The van der Waals surface area contributed by atoms with Crippen molar-refractivity contribution in [3.63, 3.8) is 0 Å². The first-order valence-corrected chi connectivity index (χ1v) is 8.82. The standard InChI is InChI=1S/C19H24N4O3/c1-12-5-6-15(19(25)23-9-4-7-20-8-10-23)11-16(12)21-18(24)17-13(2)22-26-14(17)3/h5-6,11,20H,4,7-10H2,1-3H3,(H,21,24). The van der Waals surface area contributed by atoms with Crippen molar-refractivity contribution in [3.05, 3.63) is 46.3 Å². The molecule has 26 heavy (non-hydrogen) atoms. The molecule has 3 rings (SSSR count). The van der Waals surface area contributed by atoms with E-state index >= 15 is 0 Å². The Labute approximate surface area is 152 Å². The van der Waals surface area contributed by atoms with Crippen LogP contribution in [0.1, 0.15) is 44.2 Å². The highest BCUT2D eigenvalue weighted by Crippen LogP contribution is 2.21. The maximum Gasteiger partial charge on any atom is 0.261 e. The van der Waals surface area contributed by atoms with Gasteiger partial charge >= 0.3 is 0 Å². The normalized spacial score (nSPS) is 14.8. The number of hydrogen-bond donors (Lipinski definition) is 2. The summed E-state index contributed by atoms with van der Waals surface area (Å²) in [7, 11) is 0. The molecule has 1 aromatic heterocycles. The van der Waals surface area contributed by atoms with Gasteiger partial charge < -0.3 is 20.1 Å². The highest BCUT2D eigenvalue weighted by molar-refractivity contribution is 6.06. The SMILES string of the molecule is Cc1ccc(C(=O)N2CCCNCC2)cc1NC(=O)c1c(C)noc1C. The number of benzene rings is 1. The molecule has 0 saturated carbocycles. The topological polar surface area (TPSA) is 87.5 Å². The van der Waals surface area contributed by atoms with E-state index < -0.39 is 0 Å². The zero-order valence-electron chi connectivity index (χ0n) is 15.4. The van der Waals surface area contributed by atoms with Gasteiger partial charge in [-0.25, -0.2) is 0 Å². The fraction of sp³-hybridized carbons (Fsp3) is 0.421. The summed E-state index contributed by atoms with van der Waals surface area (Å²) in [6.07, 6.45) is 0.938. The van der Waals surface area contributed by atoms with Crippen LogP contribution in [0.15, 0.2) is 22.7 Å². The Hall–Kier alpha value is -2.67. The highest BCUT2D eigenvalue weighted by Gasteiger charge is 2.20. The van der Waals surface area contributed by atoms with Crippen molar-refractivity contribution in [2.45, 2.75) is 27.2 Å². The molecule has 0 bridgehead atoms. The number of rotatable bonds is 3. The lowest BCUT2D eigenvalue weighted by Gasteiger charge is -2.20. The minimum Gasteiger partial charge on any atom is -0.361 e. The molecule has 0 unspecified atom stereocenters. The monoisotopic (exact) mass is 356 g/mol. The van der Waals surface area contributed by atoms with Crippen molar-refractivity contribution in [2.75, 3.05) is 31.5 Å². The van der Waals surface area contributed by atoms with Crippen molar-refractivity contribution >= 4 is 17.5 Å². The molecule has 7 nitrogen and oxygen atoms in total. The predicted molar refractivity (Wildman–Crippen MR) is 98.5 cm³/mol. The van der Waals surface area contributed by atoms with Gasteiger partial charge in [0.15, 0.2) is 0 Å². The van der Waals surface area contributed by atoms with Crippen LogP contribution >= 0.6 is 0 Å². The fourth-order valence-corrected chi connectivity index (χ4v) is 3.11. The molecule has 0 atom stereocenters. The molecule has 2 N–H and O–H groups in total. The number of carbonyl (C=O) groups excluding carboxylic acids is 2. The second kappa shape index (κ2) is 7.70. The van der Waals surface area contributed by atoms with Crippen molar-refractivity contribution in [1.82, 2.24) is 15.4 Å². The Bertz CT molecular complexity index is 801. The number of hydrogen-bond acceptors (Lipinski definition) is 5. The number of nitrogens with zero attached hydrogens (tertiary/aromatic N) is 2. The van der Waals surface area contributed by atoms with Crippen molar-refractivity contribution in [2.24, 2.45) is 0 Å². The molecule has 1 fully saturated rings. The van der Waals surface area contributed by atoms with Gasteiger partial charge in [-0.1, -0.05) is 11.2 Å². The van der Waals surface area contributed by atoms with E-state index in [0.717, 1.165) is 31.6 Å². The maximum atomic E-state index is 12.8. The average Bonchev–Trinajstić information content (AvgIpc) is 2.81.